The maximum absolute atomic E-state index is 15.6. The topological polar surface area (TPSA) is 131 Å². The smallest absolute Gasteiger partial charge is 0.328 e. The number of rotatable bonds is 9. The number of likely N-dealkylation sites (tertiary alicyclic amines) is 1. The van der Waals surface area contributed by atoms with Crippen LogP contribution in [-0.4, -0.2) is 68.9 Å². The minimum absolute atomic E-state index is 0.0733. The average Bonchev–Trinajstić information content (AvgIpc) is 3.56. The fourth-order valence-corrected chi connectivity index (χ4v) is 6.69. The third-order valence-corrected chi connectivity index (χ3v) is 9.74. The number of amides is 1. The standard InChI is InChI=1S/C33H37FN6O5S/c1-20(2)31-37-38-32(46-31)21-3-5-25(6-4-21)45-28-18-26(27(34)17-22(28)19-40-14-9-29(41)36-33(40)43)30(42)35-23-7-12-39(13-8-23)24-10-15-44-16-11-24/h3-6,9,14,17-18,20,23-24H,7-8,10-13,15-16,19H2,1-2H3,(H,35,42)(H,36,41,43). The van der Waals surface area contributed by atoms with E-state index in [1.54, 1.807) is 12.1 Å². The first kappa shape index (κ1) is 31.8. The number of aromatic amines is 1. The summed E-state index contributed by atoms with van der Waals surface area (Å²) in [7, 11) is 0. The molecule has 4 aromatic rings. The largest absolute Gasteiger partial charge is 0.457 e. The lowest BCUT2D eigenvalue weighted by Gasteiger charge is -2.39. The van der Waals surface area contributed by atoms with E-state index in [0.717, 1.165) is 67.6 Å². The van der Waals surface area contributed by atoms with E-state index in [1.807, 2.05) is 12.1 Å². The molecule has 6 rings (SSSR count). The Balaban J connectivity index is 1.22. The number of hydrogen-bond acceptors (Lipinski definition) is 9. The van der Waals surface area contributed by atoms with Gasteiger partial charge in [-0.15, -0.1) is 10.2 Å². The van der Waals surface area contributed by atoms with E-state index in [4.69, 9.17) is 9.47 Å². The summed E-state index contributed by atoms with van der Waals surface area (Å²) in [5, 5.41) is 13.3. The second-order valence-electron chi connectivity index (χ2n) is 12.0. The molecule has 2 fully saturated rings. The van der Waals surface area contributed by atoms with Crippen molar-refractivity contribution in [2.45, 2.75) is 64.1 Å². The summed E-state index contributed by atoms with van der Waals surface area (Å²) in [4.78, 5) is 42.1. The molecule has 2 aromatic heterocycles. The number of carbonyl (C=O) groups is 1. The van der Waals surface area contributed by atoms with Crippen molar-refractivity contribution in [2.24, 2.45) is 0 Å². The lowest BCUT2D eigenvalue weighted by atomic mass is 9.99. The molecule has 0 atom stereocenters. The van der Waals surface area contributed by atoms with Crippen LogP contribution < -0.4 is 21.3 Å². The summed E-state index contributed by atoms with van der Waals surface area (Å²) >= 11 is 1.52. The number of H-pyrrole nitrogens is 1. The van der Waals surface area contributed by atoms with Crippen LogP contribution in [0.1, 0.15) is 66.4 Å². The maximum atomic E-state index is 15.6. The zero-order valence-corrected chi connectivity index (χ0v) is 26.6. The van der Waals surface area contributed by atoms with Gasteiger partial charge in [-0.2, -0.15) is 0 Å². The van der Waals surface area contributed by atoms with Gasteiger partial charge in [0.25, 0.3) is 11.5 Å². The van der Waals surface area contributed by atoms with Crippen LogP contribution in [0.5, 0.6) is 11.5 Å². The zero-order valence-electron chi connectivity index (χ0n) is 25.8. The molecule has 2 aliphatic rings. The predicted molar refractivity (Wildman–Crippen MR) is 172 cm³/mol. The molecule has 0 unspecified atom stereocenters. The van der Waals surface area contributed by atoms with Crippen LogP contribution in [0, 0.1) is 5.82 Å². The van der Waals surface area contributed by atoms with Gasteiger partial charge in [-0.05, 0) is 62.1 Å². The second-order valence-corrected chi connectivity index (χ2v) is 13.0. The second kappa shape index (κ2) is 14.1. The first-order valence-corrected chi connectivity index (χ1v) is 16.4. The number of halogens is 1. The molecule has 0 aliphatic carbocycles. The van der Waals surface area contributed by atoms with E-state index in [-0.39, 0.29) is 29.8 Å². The monoisotopic (exact) mass is 648 g/mol. The lowest BCUT2D eigenvalue weighted by molar-refractivity contribution is 0.0238. The van der Waals surface area contributed by atoms with Crippen molar-refractivity contribution in [3.63, 3.8) is 0 Å². The third kappa shape index (κ3) is 7.43. The van der Waals surface area contributed by atoms with Gasteiger partial charge in [0.1, 0.15) is 27.3 Å². The van der Waals surface area contributed by atoms with Crippen LogP contribution in [0.15, 0.2) is 58.3 Å². The molecule has 0 bridgehead atoms. The van der Waals surface area contributed by atoms with Gasteiger partial charge in [0.15, 0.2) is 0 Å². The van der Waals surface area contributed by atoms with Crippen molar-refractivity contribution in [3.8, 4) is 22.1 Å². The highest BCUT2D eigenvalue weighted by atomic mass is 32.1. The van der Waals surface area contributed by atoms with Crippen molar-refractivity contribution in [2.75, 3.05) is 26.3 Å². The molecule has 2 saturated heterocycles. The molecule has 13 heteroatoms. The minimum atomic E-state index is -0.732. The Labute approximate surface area is 269 Å². The number of hydrogen-bond donors (Lipinski definition) is 2. The van der Waals surface area contributed by atoms with Crippen molar-refractivity contribution in [1.82, 2.24) is 30.0 Å². The molecule has 0 saturated carbocycles. The predicted octanol–water partition coefficient (Wildman–Crippen LogP) is 4.53. The van der Waals surface area contributed by atoms with Crippen molar-refractivity contribution >= 4 is 17.2 Å². The molecule has 46 heavy (non-hydrogen) atoms. The first-order chi connectivity index (χ1) is 22.2. The van der Waals surface area contributed by atoms with Gasteiger partial charge >= 0.3 is 5.69 Å². The molecule has 2 N–H and O–H groups in total. The maximum Gasteiger partial charge on any atom is 0.328 e. The summed E-state index contributed by atoms with van der Waals surface area (Å²) in [5.41, 5.74) is -0.131. The quantitative estimate of drug-likeness (QED) is 0.271. The van der Waals surface area contributed by atoms with Gasteiger partial charge in [0.2, 0.25) is 0 Å². The third-order valence-electron chi connectivity index (χ3n) is 8.47. The van der Waals surface area contributed by atoms with Gasteiger partial charge in [-0.25, -0.2) is 9.18 Å². The molecule has 242 valence electrons. The van der Waals surface area contributed by atoms with Crippen LogP contribution in [-0.2, 0) is 11.3 Å². The summed E-state index contributed by atoms with van der Waals surface area (Å²) in [5.74, 6) is -0.315. The number of benzene rings is 2. The van der Waals surface area contributed by atoms with Gasteiger partial charge < -0.3 is 19.7 Å². The normalized spacial score (nSPS) is 16.5. The summed E-state index contributed by atoms with van der Waals surface area (Å²) in [6.45, 7) is 7.34. The SMILES string of the molecule is CC(C)c1nnc(-c2ccc(Oc3cc(C(=O)NC4CCN(C5CCOCC5)CC4)c(F)cc3Cn3ccc(=O)[nH]c3=O)cc2)s1. The van der Waals surface area contributed by atoms with E-state index in [0.29, 0.717) is 17.4 Å². The fourth-order valence-electron chi connectivity index (χ4n) is 5.84. The molecule has 0 spiro atoms. The molecular formula is C33H37FN6O5S. The Morgan fingerprint density at radius 2 is 1.83 bits per heavy atom. The Bertz CT molecular complexity index is 1790. The highest BCUT2D eigenvalue weighted by Gasteiger charge is 2.28. The van der Waals surface area contributed by atoms with Gasteiger partial charge in [0.05, 0.1) is 12.1 Å². The minimum Gasteiger partial charge on any atom is -0.457 e. The van der Waals surface area contributed by atoms with E-state index >= 15 is 4.39 Å². The molecular weight excluding hydrogens is 611 g/mol. The van der Waals surface area contributed by atoms with Crippen molar-refractivity contribution in [3.05, 3.63) is 91.5 Å². The van der Waals surface area contributed by atoms with Gasteiger partial charge in [-0.1, -0.05) is 25.2 Å². The Hall–Kier alpha value is -4.20. The molecule has 11 nitrogen and oxygen atoms in total. The number of aromatic nitrogens is 4. The Morgan fingerprint density at radius 3 is 2.50 bits per heavy atom. The first-order valence-electron chi connectivity index (χ1n) is 15.6. The number of nitrogens with one attached hydrogen (secondary N) is 2. The highest BCUT2D eigenvalue weighted by Crippen LogP contribution is 2.32. The summed E-state index contributed by atoms with van der Waals surface area (Å²) in [6, 6.07) is 11.5. The molecule has 1 amide bonds. The van der Waals surface area contributed by atoms with Gasteiger partial charge in [0, 0.05) is 67.7 Å². The van der Waals surface area contributed by atoms with Crippen molar-refractivity contribution < 1.29 is 18.7 Å². The number of ether oxygens (including phenoxy) is 2. The molecule has 2 aromatic carbocycles. The number of piperidine rings is 1. The van der Waals surface area contributed by atoms with Crippen LogP contribution in [0.25, 0.3) is 10.6 Å². The molecule has 0 radical (unpaired) electrons. The van der Waals surface area contributed by atoms with Crippen LogP contribution >= 0.6 is 11.3 Å². The highest BCUT2D eigenvalue weighted by molar-refractivity contribution is 7.14. The van der Waals surface area contributed by atoms with Crippen molar-refractivity contribution in [1.29, 1.82) is 0 Å². The zero-order chi connectivity index (χ0) is 32.2. The van der Waals surface area contributed by atoms with Crippen LogP contribution in [0.3, 0.4) is 0 Å². The number of carbonyl (C=O) groups excluding carboxylic acids is 1. The average molecular weight is 649 g/mol. The summed E-state index contributed by atoms with van der Waals surface area (Å²) < 4.78 is 28.5. The Kier molecular flexibility index (Phi) is 9.71. The van der Waals surface area contributed by atoms with E-state index in [9.17, 15) is 14.4 Å². The molecule has 2 aliphatic heterocycles. The van der Waals surface area contributed by atoms with E-state index in [1.165, 1.54) is 40.3 Å². The number of nitrogens with zero attached hydrogens (tertiary/aromatic N) is 4. The van der Waals surface area contributed by atoms with E-state index in [2.05, 4.69) is 39.2 Å². The van der Waals surface area contributed by atoms with E-state index < -0.39 is 23.0 Å². The molecule has 4 heterocycles. The van der Waals surface area contributed by atoms with Crippen LogP contribution in [0.2, 0.25) is 0 Å². The lowest BCUT2D eigenvalue weighted by Crippen LogP contribution is -2.49. The van der Waals surface area contributed by atoms with Gasteiger partial charge in [-0.3, -0.25) is 19.1 Å². The fraction of sp³-hybridized carbons (Fsp3) is 0.424. The Morgan fingerprint density at radius 1 is 1.09 bits per heavy atom. The summed E-state index contributed by atoms with van der Waals surface area (Å²) in [6.07, 6.45) is 4.93. The van der Waals surface area contributed by atoms with Crippen LogP contribution in [0.4, 0.5) is 4.39 Å².